The van der Waals surface area contributed by atoms with E-state index in [1.54, 1.807) is 0 Å². The maximum atomic E-state index is 2.39. The summed E-state index contributed by atoms with van der Waals surface area (Å²) in [5.41, 5.74) is 2.75. The van der Waals surface area contributed by atoms with Crippen LogP contribution in [0.4, 0.5) is 0 Å². The third-order valence-corrected chi connectivity index (χ3v) is 4.17. The van der Waals surface area contributed by atoms with Gasteiger partial charge in [-0.25, -0.2) is 0 Å². The van der Waals surface area contributed by atoms with E-state index in [1.807, 2.05) is 0 Å². The molecule has 2 nitrogen and oxygen atoms in total. The van der Waals surface area contributed by atoms with Crippen molar-refractivity contribution in [2.45, 2.75) is 52.6 Å². The molecule has 0 spiro atoms. The van der Waals surface area contributed by atoms with Gasteiger partial charge in [0.25, 0.3) is 0 Å². The molecular formula is C18H24N2. The average Bonchev–Trinajstić information content (AvgIpc) is 3.04. The number of hydrogen-bond acceptors (Lipinski definition) is 0. The summed E-state index contributed by atoms with van der Waals surface area (Å²) in [4.78, 5) is 0. The first kappa shape index (κ1) is 13.3. The molecule has 0 atom stereocenters. The van der Waals surface area contributed by atoms with Gasteiger partial charge in [-0.05, 0) is 37.1 Å². The Morgan fingerprint density at radius 3 is 1.60 bits per heavy atom. The zero-order valence-electron chi connectivity index (χ0n) is 12.6. The van der Waals surface area contributed by atoms with E-state index in [2.05, 4.69) is 59.6 Å². The Kier molecular flexibility index (Phi) is 3.81. The molecule has 2 aromatic heterocycles. The average molecular weight is 268 g/mol. The van der Waals surface area contributed by atoms with Gasteiger partial charge >= 0.3 is 0 Å². The van der Waals surface area contributed by atoms with Gasteiger partial charge in [0.2, 0.25) is 0 Å². The summed E-state index contributed by atoms with van der Waals surface area (Å²) < 4.78 is 4.78. The second kappa shape index (κ2) is 5.74. The Morgan fingerprint density at radius 2 is 1.20 bits per heavy atom. The predicted octanol–water partition coefficient (Wildman–Crippen LogP) is 5.20. The molecule has 0 saturated carbocycles. The molecule has 0 radical (unpaired) electrons. The van der Waals surface area contributed by atoms with E-state index in [4.69, 9.17) is 0 Å². The molecule has 0 saturated heterocycles. The van der Waals surface area contributed by atoms with E-state index in [9.17, 15) is 0 Å². The molecule has 0 aliphatic rings. The highest BCUT2D eigenvalue weighted by molar-refractivity contribution is 5.96. The first-order valence-corrected chi connectivity index (χ1v) is 7.91. The van der Waals surface area contributed by atoms with E-state index in [1.165, 1.54) is 47.5 Å². The topological polar surface area (TPSA) is 9.86 Å². The number of rotatable bonds is 6. The van der Waals surface area contributed by atoms with E-state index >= 15 is 0 Å². The van der Waals surface area contributed by atoms with Gasteiger partial charge < -0.3 is 9.13 Å². The minimum atomic E-state index is 1.13. The molecule has 0 amide bonds. The molecule has 3 aromatic rings. The van der Waals surface area contributed by atoms with Crippen molar-refractivity contribution in [1.29, 1.82) is 0 Å². The SMILES string of the molecule is CCCCn1ccc2cc3c(ccn3CCCC)cc21. The van der Waals surface area contributed by atoms with Crippen LogP contribution in [0.1, 0.15) is 39.5 Å². The molecule has 0 aliphatic heterocycles. The lowest BCUT2D eigenvalue weighted by atomic mass is 10.2. The Labute approximate surface area is 121 Å². The van der Waals surface area contributed by atoms with E-state index in [0.717, 1.165) is 13.1 Å². The van der Waals surface area contributed by atoms with Crippen molar-refractivity contribution in [2.24, 2.45) is 0 Å². The number of hydrogen-bond donors (Lipinski definition) is 0. The predicted molar refractivity (Wildman–Crippen MR) is 87.3 cm³/mol. The molecule has 0 unspecified atom stereocenters. The van der Waals surface area contributed by atoms with E-state index < -0.39 is 0 Å². The van der Waals surface area contributed by atoms with Crippen LogP contribution in [0.2, 0.25) is 0 Å². The molecule has 0 aliphatic carbocycles. The summed E-state index contributed by atoms with van der Waals surface area (Å²) >= 11 is 0. The van der Waals surface area contributed by atoms with Crippen LogP contribution in [-0.2, 0) is 13.1 Å². The Hall–Kier alpha value is -1.70. The van der Waals surface area contributed by atoms with E-state index in [-0.39, 0.29) is 0 Å². The number of fused-ring (bicyclic) bond motifs is 2. The number of aryl methyl sites for hydroxylation is 2. The molecule has 2 heterocycles. The normalized spacial score (nSPS) is 11.7. The van der Waals surface area contributed by atoms with Crippen molar-refractivity contribution in [2.75, 3.05) is 0 Å². The van der Waals surface area contributed by atoms with Crippen LogP contribution in [0.25, 0.3) is 21.8 Å². The van der Waals surface area contributed by atoms with Crippen molar-refractivity contribution in [3.8, 4) is 0 Å². The Morgan fingerprint density at radius 1 is 0.750 bits per heavy atom. The smallest absolute Gasteiger partial charge is 0.0487 e. The first-order valence-electron chi connectivity index (χ1n) is 7.91. The van der Waals surface area contributed by atoms with Crippen molar-refractivity contribution in [3.05, 3.63) is 36.7 Å². The van der Waals surface area contributed by atoms with Gasteiger partial charge in [-0.2, -0.15) is 0 Å². The van der Waals surface area contributed by atoms with E-state index in [0.29, 0.717) is 0 Å². The quantitative estimate of drug-likeness (QED) is 0.582. The van der Waals surface area contributed by atoms with Gasteiger partial charge in [-0.15, -0.1) is 0 Å². The third kappa shape index (κ3) is 2.35. The minimum absolute atomic E-state index is 1.13. The lowest BCUT2D eigenvalue weighted by molar-refractivity contribution is 0.649. The summed E-state index contributed by atoms with van der Waals surface area (Å²) in [6.45, 7) is 6.75. The molecule has 3 rings (SSSR count). The second-order valence-electron chi connectivity index (χ2n) is 5.70. The standard InChI is InChI=1S/C18H24N2/c1-3-5-9-19-11-7-15-14-18-16(13-17(15)19)8-12-20(18)10-6-4-2/h7-8,11-14H,3-6,9-10H2,1-2H3. The molecule has 1 aromatic carbocycles. The summed E-state index contributed by atoms with van der Waals surface area (Å²) in [5.74, 6) is 0. The molecule has 0 bridgehead atoms. The Bertz CT molecular complexity index is 640. The van der Waals surface area contributed by atoms with Gasteiger partial charge in [-0.1, -0.05) is 26.7 Å². The minimum Gasteiger partial charge on any atom is -0.347 e. The number of aromatic nitrogens is 2. The largest absolute Gasteiger partial charge is 0.347 e. The van der Waals surface area contributed by atoms with Crippen molar-refractivity contribution < 1.29 is 0 Å². The highest BCUT2D eigenvalue weighted by atomic mass is 15.0. The molecular weight excluding hydrogens is 244 g/mol. The molecule has 2 heteroatoms. The fraction of sp³-hybridized carbons (Fsp3) is 0.444. The van der Waals surface area contributed by atoms with Crippen LogP contribution in [-0.4, -0.2) is 9.13 Å². The van der Waals surface area contributed by atoms with Gasteiger partial charge in [0.15, 0.2) is 0 Å². The number of benzene rings is 1. The summed E-state index contributed by atoms with van der Waals surface area (Å²) in [5, 5.41) is 2.73. The highest BCUT2D eigenvalue weighted by Gasteiger charge is 2.06. The van der Waals surface area contributed by atoms with Crippen LogP contribution in [0.15, 0.2) is 36.7 Å². The summed E-state index contributed by atoms with van der Waals surface area (Å²) in [7, 11) is 0. The van der Waals surface area contributed by atoms with Crippen LogP contribution in [0.5, 0.6) is 0 Å². The van der Waals surface area contributed by atoms with Crippen LogP contribution >= 0.6 is 0 Å². The van der Waals surface area contributed by atoms with Gasteiger partial charge in [0.05, 0.1) is 0 Å². The molecule has 0 N–H and O–H groups in total. The van der Waals surface area contributed by atoms with Gasteiger partial charge in [-0.3, -0.25) is 0 Å². The van der Waals surface area contributed by atoms with Crippen LogP contribution in [0.3, 0.4) is 0 Å². The highest BCUT2D eigenvalue weighted by Crippen LogP contribution is 2.25. The molecule has 0 fully saturated rings. The van der Waals surface area contributed by atoms with Gasteiger partial charge in [0.1, 0.15) is 0 Å². The fourth-order valence-corrected chi connectivity index (χ4v) is 2.92. The summed E-state index contributed by atoms with van der Waals surface area (Å²) in [6.07, 6.45) is 9.45. The zero-order chi connectivity index (χ0) is 13.9. The van der Waals surface area contributed by atoms with Gasteiger partial charge in [0, 0.05) is 47.3 Å². The van der Waals surface area contributed by atoms with Crippen molar-refractivity contribution >= 4 is 21.8 Å². The fourth-order valence-electron chi connectivity index (χ4n) is 2.92. The molecule has 20 heavy (non-hydrogen) atoms. The Balaban J connectivity index is 2.02. The first-order chi connectivity index (χ1) is 9.83. The monoisotopic (exact) mass is 268 g/mol. The van der Waals surface area contributed by atoms with Crippen LogP contribution < -0.4 is 0 Å². The lowest BCUT2D eigenvalue weighted by Crippen LogP contribution is -1.96. The lowest BCUT2D eigenvalue weighted by Gasteiger charge is -2.06. The number of unbranched alkanes of at least 4 members (excludes halogenated alkanes) is 2. The van der Waals surface area contributed by atoms with Crippen molar-refractivity contribution in [1.82, 2.24) is 9.13 Å². The third-order valence-electron chi connectivity index (χ3n) is 4.17. The zero-order valence-corrected chi connectivity index (χ0v) is 12.6. The van der Waals surface area contributed by atoms with Crippen LogP contribution in [0, 0.1) is 0 Å². The van der Waals surface area contributed by atoms with Crippen molar-refractivity contribution in [3.63, 3.8) is 0 Å². The maximum absolute atomic E-state index is 2.39. The maximum Gasteiger partial charge on any atom is 0.0487 e. The number of nitrogens with zero attached hydrogens (tertiary/aromatic N) is 2. The summed E-state index contributed by atoms with van der Waals surface area (Å²) in [6, 6.07) is 9.20. The molecule has 106 valence electrons. The second-order valence-corrected chi connectivity index (χ2v) is 5.70.